The summed E-state index contributed by atoms with van der Waals surface area (Å²) in [7, 11) is 0. The van der Waals surface area contributed by atoms with Gasteiger partial charge < -0.3 is 10.4 Å². The van der Waals surface area contributed by atoms with Gasteiger partial charge in [-0.3, -0.25) is 4.79 Å². The molecule has 1 atom stereocenters. The van der Waals surface area contributed by atoms with Crippen molar-refractivity contribution >= 4 is 23.2 Å². The molecule has 5 nitrogen and oxygen atoms in total. The number of carboxylic acids is 1. The van der Waals surface area contributed by atoms with E-state index in [1.807, 2.05) is 32.2 Å². The van der Waals surface area contributed by atoms with E-state index in [2.05, 4.69) is 10.3 Å². The Hall–Kier alpha value is -2.21. The van der Waals surface area contributed by atoms with Gasteiger partial charge in [0.25, 0.3) is 5.91 Å². The highest BCUT2D eigenvalue weighted by Gasteiger charge is 2.21. The summed E-state index contributed by atoms with van der Waals surface area (Å²) in [6, 6.07) is 6.18. The third-order valence-corrected chi connectivity index (χ3v) is 4.12. The number of aliphatic carboxylic acids is 1. The molecule has 1 aromatic heterocycles. The molecule has 2 N–H and O–H groups in total. The number of hydrogen-bond acceptors (Lipinski definition) is 4. The Bertz CT molecular complexity index is 709. The Balaban J connectivity index is 2.17. The third kappa shape index (κ3) is 4.63. The molecule has 0 saturated heterocycles. The van der Waals surface area contributed by atoms with Gasteiger partial charge in [-0.25, -0.2) is 9.78 Å². The predicted octanol–water partition coefficient (Wildman–Crippen LogP) is 3.35. The summed E-state index contributed by atoms with van der Waals surface area (Å²) in [6.45, 7) is 5.77. The van der Waals surface area contributed by atoms with Crippen molar-refractivity contribution in [1.82, 2.24) is 10.3 Å². The maximum absolute atomic E-state index is 12.3. The summed E-state index contributed by atoms with van der Waals surface area (Å²) in [5.74, 6) is -1.22. The first-order chi connectivity index (χ1) is 10.9. The van der Waals surface area contributed by atoms with E-state index in [1.165, 1.54) is 0 Å². The second-order valence-electron chi connectivity index (χ2n) is 5.83. The summed E-state index contributed by atoms with van der Waals surface area (Å²) in [4.78, 5) is 28.0. The molecule has 0 saturated carbocycles. The lowest BCUT2D eigenvalue weighted by atomic mass is 10.0. The van der Waals surface area contributed by atoms with Crippen molar-refractivity contribution in [3.63, 3.8) is 0 Å². The van der Waals surface area contributed by atoms with Gasteiger partial charge in [0.05, 0.1) is 10.7 Å². The fraction of sp³-hybridized carbons (Fsp3) is 0.353. The average Bonchev–Trinajstić information content (AvgIpc) is 2.92. The van der Waals surface area contributed by atoms with E-state index in [9.17, 15) is 14.7 Å². The summed E-state index contributed by atoms with van der Waals surface area (Å²) < 4.78 is 0. The van der Waals surface area contributed by atoms with Gasteiger partial charge in [0, 0.05) is 16.5 Å². The number of benzene rings is 1. The zero-order valence-corrected chi connectivity index (χ0v) is 14.2. The normalized spacial score (nSPS) is 12.2. The van der Waals surface area contributed by atoms with Crippen molar-refractivity contribution in [2.24, 2.45) is 5.92 Å². The van der Waals surface area contributed by atoms with Crippen LogP contribution in [0.1, 0.15) is 35.6 Å². The molecule has 1 aromatic carbocycles. The second-order valence-corrected chi connectivity index (χ2v) is 6.89. The topological polar surface area (TPSA) is 79.3 Å². The number of carbonyl (C=O) groups excluding carboxylic acids is 1. The van der Waals surface area contributed by atoms with Gasteiger partial charge in [-0.1, -0.05) is 26.0 Å². The number of amides is 1. The molecule has 0 aliphatic heterocycles. The van der Waals surface area contributed by atoms with E-state index in [-0.39, 0.29) is 11.8 Å². The van der Waals surface area contributed by atoms with Crippen LogP contribution in [0.3, 0.4) is 0 Å². The van der Waals surface area contributed by atoms with E-state index in [4.69, 9.17) is 0 Å². The van der Waals surface area contributed by atoms with Gasteiger partial charge in [-0.05, 0) is 31.4 Å². The molecule has 0 aliphatic carbocycles. The van der Waals surface area contributed by atoms with Crippen LogP contribution < -0.4 is 5.32 Å². The Labute approximate surface area is 139 Å². The van der Waals surface area contributed by atoms with Gasteiger partial charge in [0.1, 0.15) is 6.04 Å². The van der Waals surface area contributed by atoms with Gasteiger partial charge in [0.15, 0.2) is 0 Å². The quantitative estimate of drug-likeness (QED) is 0.850. The van der Waals surface area contributed by atoms with Crippen LogP contribution in [-0.2, 0) is 4.79 Å². The first-order valence-electron chi connectivity index (χ1n) is 7.43. The van der Waals surface area contributed by atoms with Gasteiger partial charge in [-0.2, -0.15) is 0 Å². The summed E-state index contributed by atoms with van der Waals surface area (Å²) >= 11 is 1.55. The van der Waals surface area contributed by atoms with Crippen LogP contribution in [0.25, 0.3) is 11.3 Å². The smallest absolute Gasteiger partial charge is 0.326 e. The zero-order chi connectivity index (χ0) is 17.0. The van der Waals surface area contributed by atoms with Crippen molar-refractivity contribution in [1.29, 1.82) is 0 Å². The zero-order valence-electron chi connectivity index (χ0n) is 13.4. The predicted molar refractivity (Wildman–Crippen MR) is 90.6 cm³/mol. The molecule has 2 aromatic rings. The fourth-order valence-electron chi connectivity index (χ4n) is 2.25. The fourth-order valence-corrected chi connectivity index (χ4v) is 2.87. The lowest BCUT2D eigenvalue weighted by molar-refractivity contribution is -0.139. The molecule has 0 fully saturated rings. The SMILES string of the molecule is Cc1nc(-c2cccc(C(=O)N[C@H](CC(C)C)C(=O)O)c2)cs1. The van der Waals surface area contributed by atoms with Crippen molar-refractivity contribution < 1.29 is 14.7 Å². The molecule has 0 aliphatic rings. The molecular formula is C17H20N2O3S. The molecule has 2 rings (SSSR count). The van der Waals surface area contributed by atoms with Crippen LogP contribution in [0.2, 0.25) is 0 Å². The van der Waals surface area contributed by atoms with Gasteiger partial charge in [-0.15, -0.1) is 11.3 Å². The van der Waals surface area contributed by atoms with Crippen LogP contribution in [0.15, 0.2) is 29.6 Å². The van der Waals surface area contributed by atoms with E-state index >= 15 is 0 Å². The Morgan fingerprint density at radius 1 is 1.35 bits per heavy atom. The van der Waals surface area contributed by atoms with E-state index in [0.29, 0.717) is 12.0 Å². The molecule has 23 heavy (non-hydrogen) atoms. The largest absolute Gasteiger partial charge is 0.480 e. The molecule has 0 bridgehead atoms. The molecule has 0 unspecified atom stereocenters. The van der Waals surface area contributed by atoms with E-state index in [1.54, 1.807) is 29.5 Å². The Kier molecular flexibility index (Phi) is 5.50. The Morgan fingerprint density at radius 2 is 2.09 bits per heavy atom. The minimum Gasteiger partial charge on any atom is -0.480 e. The average molecular weight is 332 g/mol. The summed E-state index contributed by atoms with van der Waals surface area (Å²) in [6.07, 6.45) is 0.395. The molecule has 122 valence electrons. The number of thiazole rings is 1. The van der Waals surface area contributed by atoms with E-state index in [0.717, 1.165) is 16.3 Å². The third-order valence-electron chi connectivity index (χ3n) is 3.35. The minimum absolute atomic E-state index is 0.181. The standard InChI is InChI=1S/C17H20N2O3S/c1-10(2)7-14(17(21)22)19-16(20)13-6-4-5-12(8-13)15-9-23-11(3)18-15/h4-6,8-10,14H,7H2,1-3H3,(H,19,20)(H,21,22)/t14-/m1/s1. The van der Waals surface area contributed by atoms with Crippen molar-refractivity contribution in [3.8, 4) is 11.3 Å². The minimum atomic E-state index is -1.02. The van der Waals surface area contributed by atoms with Crippen LogP contribution >= 0.6 is 11.3 Å². The monoisotopic (exact) mass is 332 g/mol. The number of aryl methyl sites for hydroxylation is 1. The highest BCUT2D eigenvalue weighted by molar-refractivity contribution is 7.09. The number of nitrogens with zero attached hydrogens (tertiary/aromatic N) is 1. The highest BCUT2D eigenvalue weighted by Crippen LogP contribution is 2.22. The van der Waals surface area contributed by atoms with Crippen molar-refractivity contribution in [2.75, 3.05) is 0 Å². The number of carboxylic acid groups (broad SMARTS) is 1. The molecule has 0 radical (unpaired) electrons. The van der Waals surface area contributed by atoms with E-state index < -0.39 is 12.0 Å². The number of aromatic nitrogens is 1. The van der Waals surface area contributed by atoms with Crippen LogP contribution in [-0.4, -0.2) is 28.0 Å². The number of rotatable bonds is 6. The molecular weight excluding hydrogens is 312 g/mol. The van der Waals surface area contributed by atoms with Crippen molar-refractivity contribution in [2.45, 2.75) is 33.2 Å². The maximum Gasteiger partial charge on any atom is 0.326 e. The van der Waals surface area contributed by atoms with Gasteiger partial charge in [0.2, 0.25) is 0 Å². The molecule has 1 amide bonds. The van der Waals surface area contributed by atoms with Crippen LogP contribution in [0.5, 0.6) is 0 Å². The number of nitrogens with one attached hydrogen (secondary N) is 1. The first kappa shape index (κ1) is 17.1. The van der Waals surface area contributed by atoms with Crippen LogP contribution in [0.4, 0.5) is 0 Å². The molecule has 6 heteroatoms. The van der Waals surface area contributed by atoms with Crippen LogP contribution in [0, 0.1) is 12.8 Å². The van der Waals surface area contributed by atoms with Gasteiger partial charge >= 0.3 is 5.97 Å². The number of hydrogen-bond donors (Lipinski definition) is 2. The highest BCUT2D eigenvalue weighted by atomic mass is 32.1. The lowest BCUT2D eigenvalue weighted by Crippen LogP contribution is -2.41. The first-order valence-corrected chi connectivity index (χ1v) is 8.31. The number of carbonyl (C=O) groups is 2. The second kappa shape index (κ2) is 7.37. The summed E-state index contributed by atoms with van der Waals surface area (Å²) in [5, 5.41) is 14.7. The Morgan fingerprint density at radius 3 is 2.65 bits per heavy atom. The van der Waals surface area contributed by atoms with Crippen molar-refractivity contribution in [3.05, 3.63) is 40.2 Å². The maximum atomic E-state index is 12.3. The summed E-state index contributed by atoms with van der Waals surface area (Å²) in [5.41, 5.74) is 2.10. The molecule has 0 spiro atoms. The lowest BCUT2D eigenvalue weighted by Gasteiger charge is -2.16. The molecule has 1 heterocycles.